The first-order valence-corrected chi connectivity index (χ1v) is 5.37. The number of carbonyl (C=O) groups is 1. The Morgan fingerprint density at radius 2 is 1.94 bits per heavy atom. The molecule has 1 rings (SSSR count). The summed E-state index contributed by atoms with van der Waals surface area (Å²) in [5.41, 5.74) is 2.86. The molecule has 16 heavy (non-hydrogen) atoms. The van der Waals surface area contributed by atoms with Crippen LogP contribution in [0.4, 0.5) is 0 Å². The monoisotopic (exact) mass is 216 g/mol. The summed E-state index contributed by atoms with van der Waals surface area (Å²) in [6.07, 6.45) is 1.18. The standard InChI is InChI=1S/C13H16N2O/c1-10-7-11(2)9-12(8-10)13(16)15-6-4-3-5-14/h7-9H,3-4,6H2,1-2H3,(H,15,16). The largest absolute Gasteiger partial charge is 0.352 e. The van der Waals surface area contributed by atoms with Gasteiger partial charge in [0.1, 0.15) is 0 Å². The van der Waals surface area contributed by atoms with E-state index in [1.54, 1.807) is 0 Å². The molecule has 0 atom stereocenters. The predicted octanol–water partition coefficient (Wildman–Crippen LogP) is 2.34. The van der Waals surface area contributed by atoms with Crippen LogP contribution < -0.4 is 5.32 Å². The van der Waals surface area contributed by atoms with E-state index in [4.69, 9.17) is 5.26 Å². The zero-order valence-electron chi connectivity index (χ0n) is 9.71. The van der Waals surface area contributed by atoms with Crippen molar-refractivity contribution in [2.45, 2.75) is 26.7 Å². The lowest BCUT2D eigenvalue weighted by molar-refractivity contribution is 0.0953. The quantitative estimate of drug-likeness (QED) is 0.785. The van der Waals surface area contributed by atoms with Gasteiger partial charge in [-0.3, -0.25) is 4.79 Å². The van der Waals surface area contributed by atoms with Crippen LogP contribution >= 0.6 is 0 Å². The highest BCUT2D eigenvalue weighted by Crippen LogP contribution is 2.08. The van der Waals surface area contributed by atoms with Crippen LogP contribution in [0, 0.1) is 25.2 Å². The highest BCUT2D eigenvalue weighted by Gasteiger charge is 2.05. The fourth-order valence-electron chi connectivity index (χ4n) is 1.58. The summed E-state index contributed by atoms with van der Waals surface area (Å²) in [6.45, 7) is 4.50. The third-order valence-corrected chi connectivity index (χ3v) is 2.23. The average molecular weight is 216 g/mol. The second-order valence-electron chi connectivity index (χ2n) is 3.89. The van der Waals surface area contributed by atoms with Crippen molar-refractivity contribution >= 4 is 5.91 Å². The highest BCUT2D eigenvalue weighted by atomic mass is 16.1. The minimum absolute atomic E-state index is 0.0651. The van der Waals surface area contributed by atoms with Gasteiger partial charge < -0.3 is 5.32 Å². The van der Waals surface area contributed by atoms with Gasteiger partial charge in [-0.05, 0) is 32.4 Å². The zero-order chi connectivity index (χ0) is 12.0. The summed E-state index contributed by atoms with van der Waals surface area (Å²) >= 11 is 0. The van der Waals surface area contributed by atoms with Gasteiger partial charge in [-0.1, -0.05) is 17.2 Å². The lowest BCUT2D eigenvalue weighted by atomic mass is 10.1. The Morgan fingerprint density at radius 3 is 2.50 bits per heavy atom. The molecule has 0 aliphatic carbocycles. The third kappa shape index (κ3) is 3.74. The highest BCUT2D eigenvalue weighted by molar-refractivity contribution is 5.94. The molecule has 0 saturated heterocycles. The number of hydrogen-bond acceptors (Lipinski definition) is 2. The molecule has 1 amide bonds. The van der Waals surface area contributed by atoms with Gasteiger partial charge in [0, 0.05) is 18.5 Å². The van der Waals surface area contributed by atoms with Crippen LogP contribution in [0.3, 0.4) is 0 Å². The van der Waals surface area contributed by atoms with Crippen molar-refractivity contribution in [3.05, 3.63) is 34.9 Å². The van der Waals surface area contributed by atoms with Gasteiger partial charge in [0.05, 0.1) is 6.07 Å². The summed E-state index contributed by atoms with van der Waals surface area (Å²) in [5.74, 6) is -0.0651. The Morgan fingerprint density at radius 1 is 1.31 bits per heavy atom. The van der Waals surface area contributed by atoms with Crippen LogP contribution in [0.1, 0.15) is 34.3 Å². The maximum absolute atomic E-state index is 11.7. The molecule has 0 aliphatic rings. The molecule has 0 saturated carbocycles. The third-order valence-electron chi connectivity index (χ3n) is 2.23. The molecule has 3 heteroatoms. The molecule has 0 aliphatic heterocycles. The van der Waals surface area contributed by atoms with Crippen molar-refractivity contribution in [2.24, 2.45) is 0 Å². The number of hydrogen-bond donors (Lipinski definition) is 1. The van der Waals surface area contributed by atoms with E-state index in [0.717, 1.165) is 11.1 Å². The van der Waals surface area contributed by atoms with Crippen molar-refractivity contribution in [2.75, 3.05) is 6.54 Å². The summed E-state index contributed by atoms with van der Waals surface area (Å²) in [4.78, 5) is 11.7. The number of unbranched alkanes of at least 4 members (excludes halogenated alkanes) is 1. The maximum Gasteiger partial charge on any atom is 0.251 e. The molecular formula is C13H16N2O. The van der Waals surface area contributed by atoms with Crippen LogP contribution in [0.25, 0.3) is 0 Å². The number of benzene rings is 1. The van der Waals surface area contributed by atoms with E-state index in [1.165, 1.54) is 0 Å². The number of nitriles is 1. The molecule has 3 nitrogen and oxygen atoms in total. The van der Waals surface area contributed by atoms with Crippen molar-refractivity contribution < 1.29 is 4.79 Å². The smallest absolute Gasteiger partial charge is 0.251 e. The van der Waals surface area contributed by atoms with Crippen LogP contribution in [0.2, 0.25) is 0 Å². The number of aryl methyl sites for hydroxylation is 2. The molecule has 0 heterocycles. The number of carbonyl (C=O) groups excluding carboxylic acids is 1. The first kappa shape index (κ1) is 12.3. The second kappa shape index (κ2) is 5.92. The van der Waals surface area contributed by atoms with E-state index in [0.29, 0.717) is 24.9 Å². The molecular weight excluding hydrogens is 200 g/mol. The summed E-state index contributed by atoms with van der Waals surface area (Å²) in [5, 5.41) is 11.2. The van der Waals surface area contributed by atoms with Gasteiger partial charge in [0.2, 0.25) is 0 Å². The summed E-state index contributed by atoms with van der Waals surface area (Å²) in [7, 11) is 0. The van der Waals surface area contributed by atoms with Crippen LogP contribution in [-0.4, -0.2) is 12.5 Å². The van der Waals surface area contributed by atoms with E-state index >= 15 is 0 Å². The average Bonchev–Trinajstić information content (AvgIpc) is 2.22. The van der Waals surface area contributed by atoms with Crippen LogP contribution in [0.15, 0.2) is 18.2 Å². The van der Waals surface area contributed by atoms with Gasteiger partial charge in [0.25, 0.3) is 5.91 Å². The van der Waals surface area contributed by atoms with E-state index in [2.05, 4.69) is 5.32 Å². The molecule has 1 aromatic carbocycles. The molecule has 0 bridgehead atoms. The SMILES string of the molecule is Cc1cc(C)cc(C(=O)NCCCC#N)c1. The Balaban J connectivity index is 2.56. The number of nitrogens with one attached hydrogen (secondary N) is 1. The Labute approximate surface area is 96.1 Å². The Hall–Kier alpha value is -1.82. The molecule has 0 radical (unpaired) electrons. The molecule has 0 aromatic heterocycles. The van der Waals surface area contributed by atoms with Crippen molar-refractivity contribution in [3.63, 3.8) is 0 Å². The number of amides is 1. The summed E-state index contributed by atoms with van der Waals surface area (Å²) in [6, 6.07) is 7.82. The summed E-state index contributed by atoms with van der Waals surface area (Å²) < 4.78 is 0. The molecule has 1 aromatic rings. The minimum atomic E-state index is -0.0651. The van der Waals surface area contributed by atoms with E-state index in [-0.39, 0.29) is 5.91 Å². The van der Waals surface area contributed by atoms with Crippen molar-refractivity contribution in [1.82, 2.24) is 5.32 Å². The van der Waals surface area contributed by atoms with Crippen LogP contribution in [0.5, 0.6) is 0 Å². The van der Waals surface area contributed by atoms with Crippen molar-refractivity contribution in [1.29, 1.82) is 5.26 Å². The lowest BCUT2D eigenvalue weighted by Crippen LogP contribution is -2.24. The number of nitrogens with zero attached hydrogens (tertiary/aromatic N) is 1. The van der Waals surface area contributed by atoms with Gasteiger partial charge in [-0.15, -0.1) is 0 Å². The van der Waals surface area contributed by atoms with Gasteiger partial charge in [0.15, 0.2) is 0 Å². The molecule has 1 N–H and O–H groups in total. The topological polar surface area (TPSA) is 52.9 Å². The van der Waals surface area contributed by atoms with E-state index < -0.39 is 0 Å². The van der Waals surface area contributed by atoms with Gasteiger partial charge in [-0.25, -0.2) is 0 Å². The molecule has 0 unspecified atom stereocenters. The van der Waals surface area contributed by atoms with Crippen LogP contribution in [-0.2, 0) is 0 Å². The predicted molar refractivity (Wildman–Crippen MR) is 63.1 cm³/mol. The van der Waals surface area contributed by atoms with Gasteiger partial charge in [-0.2, -0.15) is 5.26 Å². The maximum atomic E-state index is 11.7. The first-order valence-electron chi connectivity index (χ1n) is 5.37. The fourth-order valence-corrected chi connectivity index (χ4v) is 1.58. The minimum Gasteiger partial charge on any atom is -0.352 e. The normalized spacial score (nSPS) is 9.56. The molecule has 0 fully saturated rings. The van der Waals surface area contributed by atoms with E-state index in [9.17, 15) is 4.79 Å². The Kier molecular flexibility index (Phi) is 4.53. The molecule has 84 valence electrons. The van der Waals surface area contributed by atoms with Gasteiger partial charge >= 0.3 is 0 Å². The number of rotatable bonds is 4. The first-order chi connectivity index (χ1) is 7.63. The fraction of sp³-hybridized carbons (Fsp3) is 0.385. The van der Waals surface area contributed by atoms with E-state index in [1.807, 2.05) is 38.1 Å². The lowest BCUT2D eigenvalue weighted by Gasteiger charge is -2.06. The second-order valence-corrected chi connectivity index (χ2v) is 3.89. The zero-order valence-corrected chi connectivity index (χ0v) is 9.71. The molecule has 0 spiro atoms. The Bertz CT molecular complexity index is 398. The van der Waals surface area contributed by atoms with Crippen molar-refractivity contribution in [3.8, 4) is 6.07 Å².